The van der Waals surface area contributed by atoms with E-state index in [1.54, 1.807) is 35.4 Å². The topological polar surface area (TPSA) is 61.3 Å². The Morgan fingerprint density at radius 1 is 0.960 bits per heavy atom. The average Bonchev–Trinajstić information content (AvgIpc) is 3.18. The summed E-state index contributed by atoms with van der Waals surface area (Å²) in [5, 5.41) is 0. The molecule has 0 bridgehead atoms. The Labute approximate surface area is 150 Å². The van der Waals surface area contributed by atoms with Gasteiger partial charge in [0, 0.05) is 23.5 Å². The summed E-state index contributed by atoms with van der Waals surface area (Å²) in [6.07, 6.45) is 6.31. The molecule has 0 saturated carbocycles. The second kappa shape index (κ2) is 8.94. The molecule has 0 saturated heterocycles. The smallest absolute Gasteiger partial charge is 0.306 e. The van der Waals surface area contributed by atoms with Crippen LogP contribution in [0.1, 0.15) is 22.4 Å². The van der Waals surface area contributed by atoms with E-state index >= 15 is 0 Å². The Hall–Kier alpha value is -2.73. The molecule has 2 aromatic heterocycles. The van der Waals surface area contributed by atoms with E-state index in [0.717, 1.165) is 21.8 Å². The van der Waals surface area contributed by atoms with Crippen molar-refractivity contribution < 1.29 is 14.3 Å². The quantitative estimate of drug-likeness (QED) is 0.576. The second-order valence-corrected chi connectivity index (χ2v) is 6.39. The van der Waals surface area contributed by atoms with Crippen molar-refractivity contribution in [2.75, 3.05) is 0 Å². The first-order valence-electron chi connectivity index (χ1n) is 7.93. The minimum Gasteiger partial charge on any atom is -0.489 e. The summed E-state index contributed by atoms with van der Waals surface area (Å²) in [5.41, 5.74) is 3.76. The maximum Gasteiger partial charge on any atom is 0.306 e. The van der Waals surface area contributed by atoms with Crippen LogP contribution in [0.4, 0.5) is 0 Å². The van der Waals surface area contributed by atoms with E-state index in [1.807, 2.05) is 36.4 Å². The first-order chi connectivity index (χ1) is 12.3. The third-order valence-electron chi connectivity index (χ3n) is 3.54. The Morgan fingerprint density at radius 3 is 2.44 bits per heavy atom. The molecule has 0 aliphatic heterocycles. The maximum atomic E-state index is 11.8. The molecule has 2 heterocycles. The number of hydrogen-bond acceptors (Lipinski definition) is 6. The van der Waals surface area contributed by atoms with Gasteiger partial charge in [0.15, 0.2) is 0 Å². The third kappa shape index (κ3) is 5.69. The summed E-state index contributed by atoms with van der Waals surface area (Å²) < 4.78 is 11.0. The molecule has 25 heavy (non-hydrogen) atoms. The average molecular weight is 354 g/mol. The fraction of sp³-hybridized carbons (Fsp3) is 0.211. The van der Waals surface area contributed by atoms with Crippen LogP contribution < -0.4 is 4.74 Å². The molecule has 0 unspecified atom stereocenters. The summed E-state index contributed by atoms with van der Waals surface area (Å²) in [6, 6.07) is 11.4. The standard InChI is InChI=1S/C19H18N2O3S/c22-19(6-5-18-11-21-14-25-18)24-13-15-1-3-17(4-2-15)23-12-16-7-9-20-10-8-16/h1-4,7-11,14H,5-6,12-13H2. The molecule has 0 N–H and O–H groups in total. The number of nitrogens with zero attached hydrogens (tertiary/aromatic N) is 2. The number of thiazole rings is 1. The molecule has 5 nitrogen and oxygen atoms in total. The largest absolute Gasteiger partial charge is 0.489 e. The molecule has 0 atom stereocenters. The van der Waals surface area contributed by atoms with Crippen LogP contribution in [0, 0.1) is 0 Å². The minimum atomic E-state index is -0.202. The van der Waals surface area contributed by atoms with E-state index in [4.69, 9.17) is 9.47 Å². The molecule has 1 aromatic carbocycles. The Kier molecular flexibility index (Phi) is 6.11. The zero-order valence-corrected chi connectivity index (χ0v) is 14.4. The van der Waals surface area contributed by atoms with Crippen LogP contribution in [0.25, 0.3) is 0 Å². The maximum absolute atomic E-state index is 11.8. The lowest BCUT2D eigenvalue weighted by Crippen LogP contribution is -2.05. The molecular formula is C19H18N2O3S. The predicted octanol–water partition coefficient (Wildman–Crippen LogP) is 3.79. The summed E-state index contributed by atoms with van der Waals surface area (Å²) in [6.45, 7) is 0.764. The van der Waals surface area contributed by atoms with E-state index < -0.39 is 0 Å². The van der Waals surface area contributed by atoms with Gasteiger partial charge in [0.1, 0.15) is 19.0 Å². The molecule has 0 spiro atoms. The lowest BCUT2D eigenvalue weighted by molar-refractivity contribution is -0.144. The normalized spacial score (nSPS) is 10.4. The van der Waals surface area contributed by atoms with Crippen molar-refractivity contribution in [2.45, 2.75) is 26.1 Å². The summed E-state index contributed by atoms with van der Waals surface area (Å²) in [4.78, 5) is 20.8. The second-order valence-electron chi connectivity index (χ2n) is 5.42. The van der Waals surface area contributed by atoms with Crippen molar-refractivity contribution >= 4 is 17.3 Å². The van der Waals surface area contributed by atoms with Gasteiger partial charge in [-0.15, -0.1) is 11.3 Å². The minimum absolute atomic E-state index is 0.202. The van der Waals surface area contributed by atoms with Crippen molar-refractivity contribution in [3.8, 4) is 5.75 Å². The molecule has 0 fully saturated rings. The number of pyridine rings is 1. The van der Waals surface area contributed by atoms with Crippen LogP contribution in [-0.4, -0.2) is 15.9 Å². The van der Waals surface area contributed by atoms with Crippen LogP contribution in [0.15, 0.2) is 60.5 Å². The highest BCUT2D eigenvalue weighted by molar-refractivity contribution is 7.09. The number of rotatable bonds is 8. The number of esters is 1. The Morgan fingerprint density at radius 2 is 1.72 bits per heavy atom. The van der Waals surface area contributed by atoms with Gasteiger partial charge >= 0.3 is 5.97 Å². The molecule has 0 amide bonds. The summed E-state index contributed by atoms with van der Waals surface area (Å²) >= 11 is 1.55. The number of carbonyl (C=O) groups is 1. The lowest BCUT2D eigenvalue weighted by Gasteiger charge is -2.08. The summed E-state index contributed by atoms with van der Waals surface area (Å²) in [7, 11) is 0. The van der Waals surface area contributed by atoms with Gasteiger partial charge in [0.25, 0.3) is 0 Å². The molecule has 3 aromatic rings. The first-order valence-corrected chi connectivity index (χ1v) is 8.81. The van der Waals surface area contributed by atoms with Gasteiger partial charge in [-0.1, -0.05) is 12.1 Å². The highest BCUT2D eigenvalue weighted by Gasteiger charge is 2.05. The number of benzene rings is 1. The Balaban J connectivity index is 1.40. The van der Waals surface area contributed by atoms with Crippen LogP contribution in [0.3, 0.4) is 0 Å². The van der Waals surface area contributed by atoms with Gasteiger partial charge in [-0.2, -0.15) is 0 Å². The zero-order valence-electron chi connectivity index (χ0n) is 13.6. The van der Waals surface area contributed by atoms with Gasteiger partial charge in [-0.3, -0.25) is 14.8 Å². The number of hydrogen-bond donors (Lipinski definition) is 0. The number of aromatic nitrogens is 2. The van der Waals surface area contributed by atoms with Crippen LogP contribution in [0.5, 0.6) is 5.75 Å². The highest BCUT2D eigenvalue weighted by Crippen LogP contribution is 2.15. The van der Waals surface area contributed by atoms with Gasteiger partial charge in [-0.25, -0.2) is 0 Å². The van der Waals surface area contributed by atoms with Crippen molar-refractivity contribution in [3.05, 3.63) is 76.5 Å². The van der Waals surface area contributed by atoms with Crippen molar-refractivity contribution in [3.63, 3.8) is 0 Å². The van der Waals surface area contributed by atoms with Crippen molar-refractivity contribution in [1.82, 2.24) is 9.97 Å². The molecular weight excluding hydrogens is 336 g/mol. The van der Waals surface area contributed by atoms with E-state index in [-0.39, 0.29) is 12.6 Å². The van der Waals surface area contributed by atoms with Gasteiger partial charge in [0.2, 0.25) is 0 Å². The molecule has 0 aliphatic rings. The van der Waals surface area contributed by atoms with E-state index in [1.165, 1.54) is 0 Å². The monoisotopic (exact) mass is 354 g/mol. The molecule has 0 radical (unpaired) electrons. The van der Waals surface area contributed by atoms with E-state index in [2.05, 4.69) is 9.97 Å². The lowest BCUT2D eigenvalue weighted by atomic mass is 10.2. The summed E-state index contributed by atoms with van der Waals surface area (Å²) in [5.74, 6) is 0.573. The van der Waals surface area contributed by atoms with Crippen molar-refractivity contribution in [2.24, 2.45) is 0 Å². The van der Waals surface area contributed by atoms with Crippen molar-refractivity contribution in [1.29, 1.82) is 0 Å². The van der Waals surface area contributed by atoms with Crippen LogP contribution >= 0.6 is 11.3 Å². The van der Waals surface area contributed by atoms with E-state index in [9.17, 15) is 4.79 Å². The molecule has 3 rings (SSSR count). The number of ether oxygens (including phenoxy) is 2. The number of carbonyl (C=O) groups excluding carboxylic acids is 1. The fourth-order valence-electron chi connectivity index (χ4n) is 2.15. The molecule has 128 valence electrons. The molecule has 6 heteroatoms. The van der Waals surface area contributed by atoms with Gasteiger partial charge in [0.05, 0.1) is 11.9 Å². The first kappa shape index (κ1) is 17.1. The zero-order chi connectivity index (χ0) is 17.3. The SMILES string of the molecule is O=C(CCc1cncs1)OCc1ccc(OCc2ccncc2)cc1. The van der Waals surface area contributed by atoms with Crippen LogP contribution in [-0.2, 0) is 29.2 Å². The third-order valence-corrected chi connectivity index (χ3v) is 4.38. The number of aryl methyl sites for hydroxylation is 1. The van der Waals surface area contributed by atoms with Gasteiger partial charge in [-0.05, 0) is 41.8 Å². The van der Waals surface area contributed by atoms with E-state index in [0.29, 0.717) is 19.4 Å². The molecule has 0 aliphatic carbocycles. The Bertz CT molecular complexity index is 774. The predicted molar refractivity (Wildman–Crippen MR) is 95.2 cm³/mol. The fourth-order valence-corrected chi connectivity index (χ4v) is 2.75. The van der Waals surface area contributed by atoms with Gasteiger partial charge < -0.3 is 9.47 Å². The highest BCUT2D eigenvalue weighted by atomic mass is 32.1. The van der Waals surface area contributed by atoms with Crippen LogP contribution in [0.2, 0.25) is 0 Å².